The molecule has 0 radical (unpaired) electrons. The van der Waals surface area contributed by atoms with E-state index in [4.69, 9.17) is 4.74 Å². The zero-order chi connectivity index (χ0) is 18.8. The molecule has 2 saturated heterocycles. The fraction of sp³-hybridized carbons (Fsp3) is 0.474. The van der Waals surface area contributed by atoms with Crippen LogP contribution in [0.1, 0.15) is 30.1 Å². The lowest BCUT2D eigenvalue weighted by atomic mass is 9.87. The second-order valence-corrected chi connectivity index (χ2v) is 6.91. The smallest absolute Gasteiger partial charge is 0.328 e. The predicted molar refractivity (Wildman–Crippen MR) is 97.3 cm³/mol. The van der Waals surface area contributed by atoms with Crippen molar-refractivity contribution in [3.63, 3.8) is 0 Å². The summed E-state index contributed by atoms with van der Waals surface area (Å²) >= 11 is 0. The second-order valence-electron chi connectivity index (χ2n) is 6.91. The average Bonchev–Trinajstić information content (AvgIpc) is 3.38. The SMILES string of the molecule is CCOC(=O)[C@@H]1C[C@H]2CCN[C@H]2CN1C(=O)c1ccccc1-n1nccn1. The molecule has 8 heteroatoms. The number of rotatable bonds is 4. The summed E-state index contributed by atoms with van der Waals surface area (Å²) in [6.07, 6.45) is 4.79. The number of carbonyl (C=O) groups excluding carboxylic acids is 2. The van der Waals surface area contributed by atoms with E-state index in [9.17, 15) is 9.59 Å². The largest absolute Gasteiger partial charge is 0.464 e. The Kier molecular flexibility index (Phi) is 4.89. The molecule has 0 unspecified atom stereocenters. The number of nitrogens with zero attached hydrogens (tertiary/aromatic N) is 4. The standard InChI is InChI=1S/C19H23N5O3/c1-2-27-19(26)17-11-13-7-8-20-15(13)12-23(17)18(25)14-5-3-4-6-16(14)24-21-9-10-22-24/h3-6,9-10,13,15,17,20H,2,7-8,11-12H2,1H3/t13-,15+,17+/m1/s1. The second kappa shape index (κ2) is 7.48. The molecular formula is C19H23N5O3. The highest BCUT2D eigenvalue weighted by Crippen LogP contribution is 2.31. The fourth-order valence-corrected chi connectivity index (χ4v) is 4.08. The number of hydrogen-bond donors (Lipinski definition) is 1. The molecule has 0 aliphatic carbocycles. The zero-order valence-electron chi connectivity index (χ0n) is 15.2. The van der Waals surface area contributed by atoms with Crippen molar-refractivity contribution in [2.24, 2.45) is 5.92 Å². The van der Waals surface area contributed by atoms with Crippen LogP contribution in [0.3, 0.4) is 0 Å². The number of fused-ring (bicyclic) bond motifs is 1. The zero-order valence-corrected chi connectivity index (χ0v) is 15.2. The molecule has 0 bridgehead atoms. The van der Waals surface area contributed by atoms with Crippen molar-refractivity contribution in [1.82, 2.24) is 25.2 Å². The number of ether oxygens (including phenoxy) is 1. The first-order chi connectivity index (χ1) is 13.2. The number of benzene rings is 1. The van der Waals surface area contributed by atoms with Gasteiger partial charge in [-0.1, -0.05) is 12.1 Å². The van der Waals surface area contributed by atoms with Crippen LogP contribution < -0.4 is 5.32 Å². The molecule has 1 amide bonds. The molecule has 3 atom stereocenters. The number of esters is 1. The summed E-state index contributed by atoms with van der Waals surface area (Å²) in [4.78, 5) is 29.1. The summed E-state index contributed by atoms with van der Waals surface area (Å²) < 4.78 is 5.27. The van der Waals surface area contributed by atoms with Crippen LogP contribution in [0.4, 0.5) is 0 Å². The summed E-state index contributed by atoms with van der Waals surface area (Å²) in [5.41, 5.74) is 1.07. The van der Waals surface area contributed by atoms with Crippen LogP contribution in [0, 0.1) is 5.92 Å². The number of nitrogens with one attached hydrogen (secondary N) is 1. The van der Waals surface area contributed by atoms with Crippen molar-refractivity contribution in [2.45, 2.75) is 31.8 Å². The molecule has 4 rings (SSSR count). The molecule has 0 spiro atoms. The third-order valence-electron chi connectivity index (χ3n) is 5.37. The van der Waals surface area contributed by atoms with E-state index in [1.54, 1.807) is 42.4 Å². The molecule has 2 fully saturated rings. The molecule has 27 heavy (non-hydrogen) atoms. The number of likely N-dealkylation sites (tertiary alicyclic amines) is 1. The van der Waals surface area contributed by atoms with E-state index in [0.717, 1.165) is 13.0 Å². The van der Waals surface area contributed by atoms with Crippen LogP contribution >= 0.6 is 0 Å². The van der Waals surface area contributed by atoms with E-state index in [0.29, 0.717) is 36.7 Å². The van der Waals surface area contributed by atoms with Crippen molar-refractivity contribution in [1.29, 1.82) is 0 Å². The minimum atomic E-state index is -0.558. The molecule has 0 saturated carbocycles. The first kappa shape index (κ1) is 17.7. The van der Waals surface area contributed by atoms with Gasteiger partial charge in [-0.25, -0.2) is 4.79 Å². The van der Waals surface area contributed by atoms with Gasteiger partial charge in [0.05, 0.1) is 30.3 Å². The molecule has 2 aliphatic rings. The average molecular weight is 369 g/mol. The van der Waals surface area contributed by atoms with E-state index < -0.39 is 6.04 Å². The number of hydrogen-bond acceptors (Lipinski definition) is 6. The maximum atomic E-state index is 13.4. The third kappa shape index (κ3) is 3.32. The minimum absolute atomic E-state index is 0.201. The van der Waals surface area contributed by atoms with Crippen LogP contribution in [0.25, 0.3) is 5.69 Å². The Morgan fingerprint density at radius 2 is 2.04 bits per heavy atom. The van der Waals surface area contributed by atoms with Gasteiger partial charge in [-0.05, 0) is 44.4 Å². The Bertz CT molecular complexity index is 823. The molecule has 1 aromatic heterocycles. The fourth-order valence-electron chi connectivity index (χ4n) is 4.08. The molecule has 2 aromatic rings. The van der Waals surface area contributed by atoms with E-state index in [1.807, 2.05) is 6.07 Å². The Morgan fingerprint density at radius 3 is 2.81 bits per heavy atom. The van der Waals surface area contributed by atoms with Gasteiger partial charge in [0.2, 0.25) is 0 Å². The quantitative estimate of drug-likeness (QED) is 0.810. The number of para-hydroxylation sites is 1. The molecule has 142 valence electrons. The predicted octanol–water partition coefficient (Wildman–Crippen LogP) is 1.02. The molecule has 3 heterocycles. The van der Waals surface area contributed by atoms with Crippen LogP contribution in [0.2, 0.25) is 0 Å². The monoisotopic (exact) mass is 369 g/mol. The Labute approximate surface area is 157 Å². The van der Waals surface area contributed by atoms with Crippen molar-refractivity contribution in [3.8, 4) is 5.69 Å². The minimum Gasteiger partial charge on any atom is -0.464 e. The van der Waals surface area contributed by atoms with Crippen molar-refractivity contribution in [3.05, 3.63) is 42.2 Å². The summed E-state index contributed by atoms with van der Waals surface area (Å²) in [6.45, 7) is 3.50. The van der Waals surface area contributed by atoms with Gasteiger partial charge in [0.25, 0.3) is 5.91 Å². The van der Waals surface area contributed by atoms with Crippen molar-refractivity contribution < 1.29 is 14.3 Å². The molecule has 1 aromatic carbocycles. The lowest BCUT2D eigenvalue weighted by Crippen LogP contribution is -2.57. The normalized spacial score (nSPS) is 24.5. The van der Waals surface area contributed by atoms with Gasteiger partial charge < -0.3 is 15.0 Å². The Hall–Kier alpha value is -2.74. The van der Waals surface area contributed by atoms with E-state index >= 15 is 0 Å². The number of piperidine rings is 1. The summed E-state index contributed by atoms with van der Waals surface area (Å²) in [6, 6.07) is 6.85. The molecule has 2 aliphatic heterocycles. The summed E-state index contributed by atoms with van der Waals surface area (Å²) in [5, 5.41) is 11.7. The van der Waals surface area contributed by atoms with Crippen LogP contribution in [0.5, 0.6) is 0 Å². The molecule has 1 N–H and O–H groups in total. The highest BCUT2D eigenvalue weighted by Gasteiger charge is 2.44. The topological polar surface area (TPSA) is 89.4 Å². The van der Waals surface area contributed by atoms with Gasteiger partial charge in [-0.3, -0.25) is 4.79 Å². The number of carbonyl (C=O) groups is 2. The Morgan fingerprint density at radius 1 is 1.26 bits per heavy atom. The van der Waals surface area contributed by atoms with E-state index in [2.05, 4.69) is 15.5 Å². The first-order valence-corrected chi connectivity index (χ1v) is 9.35. The van der Waals surface area contributed by atoms with Gasteiger partial charge in [0.15, 0.2) is 0 Å². The van der Waals surface area contributed by atoms with Crippen molar-refractivity contribution in [2.75, 3.05) is 19.7 Å². The summed E-state index contributed by atoms with van der Waals surface area (Å²) in [7, 11) is 0. The van der Waals surface area contributed by atoms with Gasteiger partial charge in [0, 0.05) is 12.6 Å². The van der Waals surface area contributed by atoms with Crippen LogP contribution in [0.15, 0.2) is 36.7 Å². The highest BCUT2D eigenvalue weighted by atomic mass is 16.5. The first-order valence-electron chi connectivity index (χ1n) is 9.35. The Balaban J connectivity index is 1.67. The summed E-state index contributed by atoms with van der Waals surface area (Å²) in [5.74, 6) is -0.134. The number of amides is 1. The van der Waals surface area contributed by atoms with Gasteiger partial charge in [-0.15, -0.1) is 0 Å². The maximum absolute atomic E-state index is 13.4. The van der Waals surface area contributed by atoms with Crippen LogP contribution in [-0.4, -0.2) is 63.6 Å². The lowest BCUT2D eigenvalue weighted by Gasteiger charge is -2.40. The van der Waals surface area contributed by atoms with Gasteiger partial charge >= 0.3 is 5.97 Å². The van der Waals surface area contributed by atoms with Crippen LogP contribution in [-0.2, 0) is 9.53 Å². The highest BCUT2D eigenvalue weighted by molar-refractivity contribution is 6.00. The lowest BCUT2D eigenvalue weighted by molar-refractivity contribution is -0.150. The van der Waals surface area contributed by atoms with E-state index in [1.165, 1.54) is 4.80 Å². The third-order valence-corrected chi connectivity index (χ3v) is 5.37. The molecule has 8 nitrogen and oxygen atoms in total. The van der Waals surface area contributed by atoms with Gasteiger partial charge in [0.1, 0.15) is 6.04 Å². The van der Waals surface area contributed by atoms with Gasteiger partial charge in [-0.2, -0.15) is 15.0 Å². The number of aromatic nitrogens is 3. The van der Waals surface area contributed by atoms with Crippen molar-refractivity contribution >= 4 is 11.9 Å². The molecular weight excluding hydrogens is 346 g/mol. The van der Waals surface area contributed by atoms with E-state index in [-0.39, 0.29) is 17.9 Å². The maximum Gasteiger partial charge on any atom is 0.328 e.